The molecule has 0 aromatic heterocycles. The lowest BCUT2D eigenvalue weighted by molar-refractivity contribution is 0.394. The summed E-state index contributed by atoms with van der Waals surface area (Å²) in [6.07, 6.45) is 43.7. The maximum atomic E-state index is 2.41. The molecule has 0 spiro atoms. The molecule has 1 atom stereocenters. The SMILES string of the molecule is CCCCCCCCCCCCCCCCCCCCCCC(CC)CCCCC/C=C\c1cccc2ccccc12. The molecule has 0 radical (unpaired) electrons. The average Bonchev–Trinajstić information content (AvgIpc) is 3.02. The molecule has 0 heteroatoms. The number of benzene rings is 2. The minimum Gasteiger partial charge on any atom is -0.0839 e. The molecule has 2 rings (SSSR count). The molecule has 2 aromatic rings. The standard InChI is InChI=1S/C42H70/c1-3-5-6-7-8-9-10-11-12-13-14-15-16-17-18-19-20-21-23-26-32-39(4-2)33-27-24-22-25-28-34-40-36-31-37-41-35-29-30-38-42(40)41/h28-31,34-39H,3-27,32-33H2,1-2H3/b34-28-. The van der Waals surface area contributed by atoms with Crippen molar-refractivity contribution < 1.29 is 0 Å². The summed E-state index contributed by atoms with van der Waals surface area (Å²) in [7, 11) is 0. The van der Waals surface area contributed by atoms with E-state index in [2.05, 4.69) is 68.5 Å². The van der Waals surface area contributed by atoms with Gasteiger partial charge in [0.2, 0.25) is 0 Å². The van der Waals surface area contributed by atoms with Gasteiger partial charge in [0.05, 0.1) is 0 Å². The van der Waals surface area contributed by atoms with Gasteiger partial charge in [-0.1, -0.05) is 229 Å². The van der Waals surface area contributed by atoms with Crippen molar-refractivity contribution in [2.45, 2.75) is 187 Å². The summed E-state index contributed by atoms with van der Waals surface area (Å²) in [6.45, 7) is 4.72. The maximum absolute atomic E-state index is 2.41. The van der Waals surface area contributed by atoms with Crippen molar-refractivity contribution in [1.82, 2.24) is 0 Å². The largest absolute Gasteiger partial charge is 0.0839 e. The molecule has 0 nitrogen and oxygen atoms in total. The van der Waals surface area contributed by atoms with E-state index >= 15 is 0 Å². The van der Waals surface area contributed by atoms with Crippen LogP contribution in [0.5, 0.6) is 0 Å². The molecule has 0 saturated carbocycles. The van der Waals surface area contributed by atoms with Gasteiger partial charge in [0.15, 0.2) is 0 Å². The Morgan fingerprint density at radius 3 is 1.45 bits per heavy atom. The van der Waals surface area contributed by atoms with Crippen molar-refractivity contribution in [3.8, 4) is 0 Å². The Bertz CT molecular complexity index is 871. The van der Waals surface area contributed by atoms with E-state index in [0.29, 0.717) is 0 Å². The molecule has 2 aromatic carbocycles. The quantitative estimate of drug-likeness (QED) is 0.0848. The first-order valence-electron chi connectivity index (χ1n) is 19.0. The summed E-state index contributed by atoms with van der Waals surface area (Å²) in [5.41, 5.74) is 1.36. The van der Waals surface area contributed by atoms with Gasteiger partial charge in [0, 0.05) is 0 Å². The van der Waals surface area contributed by atoms with Gasteiger partial charge in [-0.2, -0.15) is 0 Å². The summed E-state index contributed by atoms with van der Waals surface area (Å²) in [5, 5.41) is 2.71. The van der Waals surface area contributed by atoms with E-state index in [1.165, 1.54) is 190 Å². The topological polar surface area (TPSA) is 0 Å². The molecule has 0 bridgehead atoms. The van der Waals surface area contributed by atoms with Gasteiger partial charge >= 0.3 is 0 Å². The minimum atomic E-state index is 0.965. The third-order valence-electron chi connectivity index (χ3n) is 9.65. The predicted octanol–water partition coefficient (Wildman–Crippen LogP) is 15.0. The summed E-state index contributed by atoms with van der Waals surface area (Å²) in [5.74, 6) is 0.965. The number of fused-ring (bicyclic) bond motifs is 1. The zero-order valence-corrected chi connectivity index (χ0v) is 28.4. The fourth-order valence-electron chi connectivity index (χ4n) is 6.72. The highest BCUT2D eigenvalue weighted by atomic mass is 14.1. The molecule has 0 fully saturated rings. The average molecular weight is 575 g/mol. The van der Waals surface area contributed by atoms with Crippen LogP contribution in [0, 0.1) is 5.92 Å². The lowest BCUT2D eigenvalue weighted by Crippen LogP contribution is -1.99. The second-order valence-electron chi connectivity index (χ2n) is 13.4. The molecular formula is C42H70. The van der Waals surface area contributed by atoms with E-state index in [4.69, 9.17) is 0 Å². The lowest BCUT2D eigenvalue weighted by Gasteiger charge is -2.14. The van der Waals surface area contributed by atoms with Crippen LogP contribution in [0.15, 0.2) is 48.5 Å². The van der Waals surface area contributed by atoms with Crippen LogP contribution in [0.4, 0.5) is 0 Å². The maximum Gasteiger partial charge on any atom is -0.0112 e. The molecule has 0 amide bonds. The molecule has 0 aliphatic rings. The van der Waals surface area contributed by atoms with Gasteiger partial charge in [-0.25, -0.2) is 0 Å². The summed E-state index contributed by atoms with van der Waals surface area (Å²) >= 11 is 0. The van der Waals surface area contributed by atoms with E-state index in [1.54, 1.807) is 0 Å². The first kappa shape index (κ1) is 36.6. The minimum absolute atomic E-state index is 0.965. The highest BCUT2D eigenvalue weighted by molar-refractivity contribution is 5.90. The van der Waals surface area contributed by atoms with Gasteiger partial charge in [0.25, 0.3) is 0 Å². The van der Waals surface area contributed by atoms with Crippen LogP contribution in [-0.2, 0) is 0 Å². The van der Waals surface area contributed by atoms with Crippen LogP contribution in [0.25, 0.3) is 16.8 Å². The van der Waals surface area contributed by atoms with Crippen LogP contribution in [0.1, 0.15) is 193 Å². The highest BCUT2D eigenvalue weighted by Gasteiger charge is 2.06. The Morgan fingerprint density at radius 2 is 0.929 bits per heavy atom. The number of rotatable bonds is 29. The van der Waals surface area contributed by atoms with Crippen molar-refractivity contribution in [3.63, 3.8) is 0 Å². The third-order valence-corrected chi connectivity index (χ3v) is 9.65. The summed E-state index contributed by atoms with van der Waals surface area (Å²) < 4.78 is 0. The number of unbranched alkanes of at least 4 members (excludes halogenated alkanes) is 22. The van der Waals surface area contributed by atoms with Crippen LogP contribution >= 0.6 is 0 Å². The Labute approximate surface area is 263 Å². The number of hydrogen-bond donors (Lipinski definition) is 0. The fourth-order valence-corrected chi connectivity index (χ4v) is 6.72. The Balaban J connectivity index is 1.31. The van der Waals surface area contributed by atoms with Gasteiger partial charge < -0.3 is 0 Å². The molecule has 0 saturated heterocycles. The van der Waals surface area contributed by atoms with Gasteiger partial charge in [-0.05, 0) is 35.1 Å². The fraction of sp³-hybridized carbons (Fsp3) is 0.714. The van der Waals surface area contributed by atoms with E-state index in [0.717, 1.165) is 5.92 Å². The number of hydrogen-bond acceptors (Lipinski definition) is 0. The van der Waals surface area contributed by atoms with Crippen molar-refractivity contribution >= 4 is 16.8 Å². The molecule has 42 heavy (non-hydrogen) atoms. The monoisotopic (exact) mass is 575 g/mol. The number of allylic oxidation sites excluding steroid dienone is 1. The molecule has 238 valence electrons. The first-order chi connectivity index (χ1) is 20.8. The van der Waals surface area contributed by atoms with Crippen molar-refractivity contribution in [2.24, 2.45) is 5.92 Å². The van der Waals surface area contributed by atoms with E-state index in [1.807, 2.05) is 0 Å². The molecule has 0 aliphatic heterocycles. The summed E-state index contributed by atoms with van der Waals surface area (Å²) in [4.78, 5) is 0. The normalized spacial score (nSPS) is 12.5. The zero-order valence-electron chi connectivity index (χ0n) is 28.4. The smallest absolute Gasteiger partial charge is 0.0112 e. The highest BCUT2D eigenvalue weighted by Crippen LogP contribution is 2.23. The van der Waals surface area contributed by atoms with Gasteiger partial charge in [-0.15, -0.1) is 0 Å². The lowest BCUT2D eigenvalue weighted by atomic mass is 9.92. The van der Waals surface area contributed by atoms with Crippen molar-refractivity contribution in [1.29, 1.82) is 0 Å². The Morgan fingerprint density at radius 1 is 0.476 bits per heavy atom. The van der Waals surface area contributed by atoms with Crippen LogP contribution in [-0.4, -0.2) is 0 Å². The van der Waals surface area contributed by atoms with E-state index in [-0.39, 0.29) is 0 Å². The van der Waals surface area contributed by atoms with Crippen molar-refractivity contribution in [2.75, 3.05) is 0 Å². The second kappa shape index (κ2) is 27.0. The molecular weight excluding hydrogens is 504 g/mol. The van der Waals surface area contributed by atoms with Gasteiger partial charge in [0.1, 0.15) is 0 Å². The predicted molar refractivity (Wildman–Crippen MR) is 192 cm³/mol. The first-order valence-corrected chi connectivity index (χ1v) is 19.0. The van der Waals surface area contributed by atoms with E-state index < -0.39 is 0 Å². The van der Waals surface area contributed by atoms with Crippen LogP contribution in [0.2, 0.25) is 0 Å². The zero-order chi connectivity index (χ0) is 29.8. The molecule has 0 N–H and O–H groups in total. The van der Waals surface area contributed by atoms with Crippen molar-refractivity contribution in [3.05, 3.63) is 54.1 Å². The molecule has 0 aliphatic carbocycles. The van der Waals surface area contributed by atoms with Crippen LogP contribution < -0.4 is 0 Å². The molecule has 1 unspecified atom stereocenters. The Hall–Kier alpha value is -1.56. The van der Waals surface area contributed by atoms with Gasteiger partial charge in [-0.3, -0.25) is 0 Å². The molecule has 0 heterocycles. The summed E-state index contributed by atoms with van der Waals surface area (Å²) in [6, 6.07) is 15.3. The van der Waals surface area contributed by atoms with E-state index in [9.17, 15) is 0 Å². The van der Waals surface area contributed by atoms with Crippen LogP contribution in [0.3, 0.4) is 0 Å². The second-order valence-corrected chi connectivity index (χ2v) is 13.4. The Kier molecular flexibility index (Phi) is 23.6. The third kappa shape index (κ3) is 18.9.